The van der Waals surface area contributed by atoms with Crippen LogP contribution < -0.4 is 4.90 Å². The Morgan fingerprint density at radius 1 is 1.03 bits per heavy atom. The summed E-state index contributed by atoms with van der Waals surface area (Å²) in [6.07, 6.45) is 1.97. The third kappa shape index (κ3) is 4.17. The SMILES string of the molecule is Cc1c(/C=C2\SC(=S)N(c3ccc(Br)cc3)C2=O)c2ccccc2n1Cc1ccccc1Cl. The standard InChI is InChI=1S/C26H18BrClN2OS2/c1-16-21(14-24-25(31)30(26(32)33-24)19-12-10-18(27)11-13-19)20-7-3-5-9-23(20)29(16)15-17-6-2-4-8-22(17)28/h2-14H,15H2,1H3/b24-14-. The van der Waals surface area contributed by atoms with Gasteiger partial charge < -0.3 is 4.57 Å². The van der Waals surface area contributed by atoms with E-state index in [1.165, 1.54) is 11.8 Å². The number of para-hydroxylation sites is 1. The molecule has 1 aromatic heterocycles. The summed E-state index contributed by atoms with van der Waals surface area (Å²) < 4.78 is 3.73. The molecule has 4 aromatic rings. The number of fused-ring (bicyclic) bond motifs is 1. The highest BCUT2D eigenvalue weighted by Crippen LogP contribution is 2.38. The van der Waals surface area contributed by atoms with E-state index in [-0.39, 0.29) is 5.91 Å². The van der Waals surface area contributed by atoms with Crippen molar-refractivity contribution in [2.24, 2.45) is 0 Å². The summed E-state index contributed by atoms with van der Waals surface area (Å²) >= 11 is 16.8. The number of nitrogens with zero attached hydrogens (tertiary/aromatic N) is 2. The van der Waals surface area contributed by atoms with Gasteiger partial charge in [0, 0.05) is 38.2 Å². The van der Waals surface area contributed by atoms with Gasteiger partial charge in [-0.2, -0.15) is 0 Å². The number of hydrogen-bond donors (Lipinski definition) is 0. The first kappa shape index (κ1) is 22.4. The molecule has 1 amide bonds. The molecule has 1 fully saturated rings. The second kappa shape index (κ2) is 9.11. The first-order valence-electron chi connectivity index (χ1n) is 10.3. The third-order valence-corrected chi connectivity index (χ3v) is 7.92. The number of benzene rings is 3. The number of anilines is 1. The van der Waals surface area contributed by atoms with E-state index >= 15 is 0 Å². The van der Waals surface area contributed by atoms with Crippen molar-refractivity contribution in [1.29, 1.82) is 0 Å². The van der Waals surface area contributed by atoms with Crippen molar-refractivity contribution in [3.63, 3.8) is 0 Å². The summed E-state index contributed by atoms with van der Waals surface area (Å²) in [5, 5.41) is 1.84. The van der Waals surface area contributed by atoms with Crippen LogP contribution in [0.4, 0.5) is 5.69 Å². The van der Waals surface area contributed by atoms with Crippen LogP contribution in [0.2, 0.25) is 5.02 Å². The van der Waals surface area contributed by atoms with Crippen LogP contribution in [0.1, 0.15) is 16.8 Å². The molecule has 0 spiro atoms. The minimum Gasteiger partial charge on any atom is -0.340 e. The number of halogens is 2. The molecule has 2 heterocycles. The van der Waals surface area contributed by atoms with Crippen LogP contribution in [0, 0.1) is 6.92 Å². The topological polar surface area (TPSA) is 25.2 Å². The zero-order chi connectivity index (χ0) is 23.1. The molecule has 1 saturated heterocycles. The van der Waals surface area contributed by atoms with Crippen LogP contribution in [0.3, 0.4) is 0 Å². The lowest BCUT2D eigenvalue weighted by molar-refractivity contribution is -0.113. The number of carbonyl (C=O) groups excluding carboxylic acids is 1. The van der Waals surface area contributed by atoms with Gasteiger partial charge in [-0.05, 0) is 55.0 Å². The maximum absolute atomic E-state index is 13.3. The van der Waals surface area contributed by atoms with Crippen molar-refractivity contribution in [2.45, 2.75) is 13.5 Å². The van der Waals surface area contributed by atoms with Gasteiger partial charge >= 0.3 is 0 Å². The van der Waals surface area contributed by atoms with Gasteiger partial charge in [0.15, 0.2) is 4.32 Å². The lowest BCUT2D eigenvalue weighted by Crippen LogP contribution is -2.27. The van der Waals surface area contributed by atoms with Gasteiger partial charge in [0.2, 0.25) is 0 Å². The molecule has 1 aliphatic heterocycles. The molecule has 0 atom stereocenters. The highest BCUT2D eigenvalue weighted by molar-refractivity contribution is 9.10. The van der Waals surface area contributed by atoms with E-state index in [9.17, 15) is 4.79 Å². The molecule has 33 heavy (non-hydrogen) atoms. The zero-order valence-corrected chi connectivity index (χ0v) is 21.6. The average molecular weight is 554 g/mol. The van der Waals surface area contributed by atoms with Crippen molar-refractivity contribution in [1.82, 2.24) is 4.57 Å². The van der Waals surface area contributed by atoms with Crippen molar-refractivity contribution in [3.8, 4) is 0 Å². The molecule has 164 valence electrons. The molecule has 0 N–H and O–H groups in total. The molecule has 0 saturated carbocycles. The van der Waals surface area contributed by atoms with E-state index in [0.717, 1.165) is 42.9 Å². The van der Waals surface area contributed by atoms with Crippen molar-refractivity contribution < 1.29 is 4.79 Å². The van der Waals surface area contributed by atoms with Crippen LogP contribution in [0.25, 0.3) is 17.0 Å². The number of hydrogen-bond acceptors (Lipinski definition) is 3. The Bertz CT molecular complexity index is 1440. The number of carbonyl (C=O) groups is 1. The van der Waals surface area contributed by atoms with Gasteiger partial charge in [0.05, 0.1) is 10.6 Å². The molecule has 0 radical (unpaired) electrons. The first-order valence-corrected chi connectivity index (χ1v) is 12.7. The Morgan fingerprint density at radius 2 is 1.73 bits per heavy atom. The van der Waals surface area contributed by atoms with Gasteiger partial charge in [0.1, 0.15) is 0 Å². The predicted octanol–water partition coefficient (Wildman–Crippen LogP) is 7.82. The smallest absolute Gasteiger partial charge is 0.270 e. The third-order valence-electron chi connectivity index (χ3n) is 5.72. The summed E-state index contributed by atoms with van der Waals surface area (Å²) in [5.74, 6) is -0.102. The van der Waals surface area contributed by atoms with Gasteiger partial charge in [0.25, 0.3) is 5.91 Å². The van der Waals surface area contributed by atoms with Crippen molar-refractivity contribution in [3.05, 3.63) is 104 Å². The van der Waals surface area contributed by atoms with Crippen LogP contribution in [-0.2, 0) is 11.3 Å². The normalized spacial score (nSPS) is 15.2. The summed E-state index contributed by atoms with van der Waals surface area (Å²) in [7, 11) is 0. The van der Waals surface area contributed by atoms with Gasteiger partial charge in [-0.15, -0.1) is 0 Å². The van der Waals surface area contributed by atoms with E-state index in [2.05, 4.69) is 39.6 Å². The number of aromatic nitrogens is 1. The number of thioether (sulfide) groups is 1. The minimum absolute atomic E-state index is 0.102. The highest BCUT2D eigenvalue weighted by Gasteiger charge is 2.33. The van der Waals surface area contributed by atoms with Crippen molar-refractivity contribution >= 4 is 84.4 Å². The number of amides is 1. The van der Waals surface area contributed by atoms with Crippen LogP contribution in [0.15, 0.2) is 82.2 Å². The fraction of sp³-hybridized carbons (Fsp3) is 0.0769. The highest BCUT2D eigenvalue weighted by atomic mass is 79.9. The molecular formula is C26H18BrClN2OS2. The Kier molecular flexibility index (Phi) is 6.18. The summed E-state index contributed by atoms with van der Waals surface area (Å²) in [5.41, 5.74) is 5.02. The Balaban J connectivity index is 1.57. The zero-order valence-electron chi connectivity index (χ0n) is 17.6. The maximum Gasteiger partial charge on any atom is 0.270 e. The van der Waals surface area contributed by atoms with Gasteiger partial charge in [-0.1, -0.05) is 87.9 Å². The fourth-order valence-electron chi connectivity index (χ4n) is 4.05. The summed E-state index contributed by atoms with van der Waals surface area (Å²) in [6.45, 7) is 2.73. The molecule has 7 heteroatoms. The molecule has 0 aliphatic carbocycles. The lowest BCUT2D eigenvalue weighted by atomic mass is 10.1. The average Bonchev–Trinajstić information content (AvgIpc) is 3.24. The summed E-state index contributed by atoms with van der Waals surface area (Å²) in [6, 6.07) is 23.7. The number of thiocarbonyl (C=S) groups is 1. The summed E-state index contributed by atoms with van der Waals surface area (Å²) in [4.78, 5) is 15.5. The van der Waals surface area contributed by atoms with Gasteiger partial charge in [-0.3, -0.25) is 9.69 Å². The Labute approximate surface area is 215 Å². The lowest BCUT2D eigenvalue weighted by Gasteiger charge is -2.14. The molecule has 3 nitrogen and oxygen atoms in total. The van der Waals surface area contributed by atoms with E-state index < -0.39 is 0 Å². The second-order valence-corrected chi connectivity index (χ2v) is 10.7. The predicted molar refractivity (Wildman–Crippen MR) is 147 cm³/mol. The Morgan fingerprint density at radius 3 is 2.48 bits per heavy atom. The monoisotopic (exact) mass is 552 g/mol. The number of rotatable bonds is 4. The first-order chi connectivity index (χ1) is 15.9. The quantitative estimate of drug-likeness (QED) is 0.190. The van der Waals surface area contributed by atoms with Crippen LogP contribution in [-0.4, -0.2) is 14.8 Å². The molecular weight excluding hydrogens is 536 g/mol. The molecule has 0 unspecified atom stereocenters. The Hall–Kier alpha value is -2.38. The second-order valence-electron chi connectivity index (χ2n) is 7.69. The van der Waals surface area contributed by atoms with E-state index in [0.29, 0.717) is 15.8 Å². The van der Waals surface area contributed by atoms with Crippen LogP contribution >= 0.6 is 51.5 Å². The fourth-order valence-corrected chi connectivity index (χ4v) is 5.79. The molecule has 1 aliphatic rings. The van der Waals surface area contributed by atoms with E-state index in [1.807, 2.05) is 66.7 Å². The molecule has 5 rings (SSSR count). The van der Waals surface area contributed by atoms with Crippen molar-refractivity contribution in [2.75, 3.05) is 4.90 Å². The minimum atomic E-state index is -0.102. The van der Waals surface area contributed by atoms with E-state index in [4.69, 9.17) is 23.8 Å². The maximum atomic E-state index is 13.3. The van der Waals surface area contributed by atoms with Crippen LogP contribution in [0.5, 0.6) is 0 Å². The largest absolute Gasteiger partial charge is 0.340 e. The molecule has 3 aromatic carbocycles. The van der Waals surface area contributed by atoms with Gasteiger partial charge in [-0.25, -0.2) is 0 Å². The van der Waals surface area contributed by atoms with E-state index in [1.54, 1.807) is 4.90 Å². The molecule has 0 bridgehead atoms.